The molecule has 1 aliphatic heterocycles. The van der Waals surface area contributed by atoms with E-state index < -0.39 is 0 Å². The molecule has 2 rings (SSSR count). The Kier molecular flexibility index (Phi) is 4.40. The van der Waals surface area contributed by atoms with Gasteiger partial charge in [-0.25, -0.2) is 0 Å². The molecular weight excluding hydrogens is 218 g/mol. The summed E-state index contributed by atoms with van der Waals surface area (Å²) in [4.78, 5) is 0. The highest BCUT2D eigenvalue weighted by Crippen LogP contribution is 2.27. The molecule has 88 valence electrons. The Morgan fingerprint density at radius 2 is 2.31 bits per heavy atom. The highest BCUT2D eigenvalue weighted by Gasteiger charge is 2.14. The summed E-state index contributed by atoms with van der Waals surface area (Å²) in [5.74, 6) is 3.49. The van der Waals surface area contributed by atoms with E-state index in [1.165, 1.54) is 24.3 Å². The van der Waals surface area contributed by atoms with Gasteiger partial charge in [-0.15, -0.1) is 0 Å². The molecule has 1 atom stereocenters. The average Bonchev–Trinajstić information content (AvgIpc) is 2.33. The normalized spacial score (nSPS) is 20.4. The third-order valence-corrected chi connectivity index (χ3v) is 3.92. The molecule has 16 heavy (non-hydrogen) atoms. The second kappa shape index (κ2) is 6.04. The van der Waals surface area contributed by atoms with E-state index in [2.05, 4.69) is 17.4 Å². The maximum absolute atomic E-state index is 5.61. The van der Waals surface area contributed by atoms with Crippen molar-refractivity contribution in [3.63, 3.8) is 0 Å². The molecule has 0 aromatic heterocycles. The van der Waals surface area contributed by atoms with Gasteiger partial charge in [-0.2, -0.15) is 11.8 Å². The van der Waals surface area contributed by atoms with E-state index in [9.17, 15) is 0 Å². The second-order valence-electron chi connectivity index (χ2n) is 3.99. The van der Waals surface area contributed by atoms with Crippen LogP contribution in [0.15, 0.2) is 24.3 Å². The largest absolute Gasteiger partial charge is 0.492 e. The van der Waals surface area contributed by atoms with Crippen LogP contribution in [0.1, 0.15) is 19.8 Å². The summed E-state index contributed by atoms with van der Waals surface area (Å²) in [5.41, 5.74) is 1.14. The summed E-state index contributed by atoms with van der Waals surface area (Å²) < 4.78 is 5.61. The first-order valence-corrected chi connectivity index (χ1v) is 7.11. The van der Waals surface area contributed by atoms with Crippen molar-refractivity contribution in [3.8, 4) is 5.75 Å². The van der Waals surface area contributed by atoms with Crippen molar-refractivity contribution in [3.05, 3.63) is 24.3 Å². The lowest BCUT2D eigenvalue weighted by atomic mass is 10.1. The quantitative estimate of drug-likeness (QED) is 0.867. The maximum Gasteiger partial charge on any atom is 0.142 e. The molecule has 1 unspecified atom stereocenters. The van der Waals surface area contributed by atoms with Crippen LogP contribution in [0.4, 0.5) is 5.69 Å². The minimum atomic E-state index is 0.598. The van der Waals surface area contributed by atoms with E-state index in [1.807, 2.05) is 30.8 Å². The number of hydrogen-bond acceptors (Lipinski definition) is 3. The number of para-hydroxylation sites is 2. The molecule has 0 radical (unpaired) electrons. The van der Waals surface area contributed by atoms with Crippen LogP contribution in [0.25, 0.3) is 0 Å². The third kappa shape index (κ3) is 3.08. The fourth-order valence-electron chi connectivity index (χ4n) is 1.94. The number of benzene rings is 1. The van der Waals surface area contributed by atoms with Crippen LogP contribution in [-0.4, -0.2) is 24.2 Å². The highest BCUT2D eigenvalue weighted by atomic mass is 32.2. The molecule has 0 spiro atoms. The van der Waals surface area contributed by atoms with Crippen molar-refractivity contribution in [2.75, 3.05) is 23.4 Å². The average molecular weight is 237 g/mol. The van der Waals surface area contributed by atoms with Crippen molar-refractivity contribution in [1.29, 1.82) is 0 Å². The molecule has 0 saturated carbocycles. The SMILES string of the molecule is CCOc1ccccc1NC1CCCSC1. The molecule has 2 nitrogen and oxygen atoms in total. The predicted octanol–water partition coefficient (Wildman–Crippen LogP) is 3.39. The first kappa shape index (κ1) is 11.6. The Morgan fingerprint density at radius 3 is 3.06 bits per heavy atom. The van der Waals surface area contributed by atoms with Gasteiger partial charge in [-0.3, -0.25) is 0 Å². The zero-order valence-electron chi connectivity index (χ0n) is 9.74. The summed E-state index contributed by atoms with van der Waals surface area (Å²) in [6.07, 6.45) is 2.59. The van der Waals surface area contributed by atoms with Gasteiger partial charge in [0.1, 0.15) is 5.75 Å². The Morgan fingerprint density at radius 1 is 1.44 bits per heavy atom. The van der Waals surface area contributed by atoms with Crippen molar-refractivity contribution in [2.45, 2.75) is 25.8 Å². The number of nitrogens with one attached hydrogen (secondary N) is 1. The number of thioether (sulfide) groups is 1. The van der Waals surface area contributed by atoms with E-state index in [4.69, 9.17) is 4.74 Å². The van der Waals surface area contributed by atoms with Crippen LogP contribution in [0.5, 0.6) is 5.75 Å². The highest BCUT2D eigenvalue weighted by molar-refractivity contribution is 7.99. The van der Waals surface area contributed by atoms with Crippen LogP contribution in [0.3, 0.4) is 0 Å². The van der Waals surface area contributed by atoms with Crippen LogP contribution in [-0.2, 0) is 0 Å². The Balaban J connectivity index is 2.01. The summed E-state index contributed by atoms with van der Waals surface area (Å²) in [6, 6.07) is 8.80. The molecule has 1 aliphatic rings. The monoisotopic (exact) mass is 237 g/mol. The van der Waals surface area contributed by atoms with Crippen molar-refractivity contribution < 1.29 is 4.74 Å². The van der Waals surface area contributed by atoms with Gasteiger partial charge in [0.25, 0.3) is 0 Å². The molecule has 0 bridgehead atoms. The third-order valence-electron chi connectivity index (χ3n) is 2.71. The molecular formula is C13H19NOS. The summed E-state index contributed by atoms with van der Waals surface area (Å²) in [6.45, 7) is 2.74. The van der Waals surface area contributed by atoms with Crippen LogP contribution in [0.2, 0.25) is 0 Å². The summed E-state index contributed by atoms with van der Waals surface area (Å²) in [7, 11) is 0. The zero-order chi connectivity index (χ0) is 11.2. The van der Waals surface area contributed by atoms with E-state index in [0.29, 0.717) is 6.04 Å². The first-order valence-electron chi connectivity index (χ1n) is 5.96. The van der Waals surface area contributed by atoms with Gasteiger partial charge in [-0.1, -0.05) is 12.1 Å². The molecule has 1 fully saturated rings. The minimum absolute atomic E-state index is 0.598. The summed E-state index contributed by atoms with van der Waals surface area (Å²) >= 11 is 2.04. The minimum Gasteiger partial charge on any atom is -0.492 e. The summed E-state index contributed by atoms with van der Waals surface area (Å²) in [5, 5.41) is 3.59. The van der Waals surface area contributed by atoms with Crippen LogP contribution < -0.4 is 10.1 Å². The number of ether oxygens (including phenoxy) is 1. The number of hydrogen-bond donors (Lipinski definition) is 1. The lowest BCUT2D eigenvalue weighted by Crippen LogP contribution is -2.25. The molecule has 0 aliphatic carbocycles. The van der Waals surface area contributed by atoms with Gasteiger partial charge in [-0.05, 0) is 37.7 Å². The van der Waals surface area contributed by atoms with Gasteiger partial charge in [0, 0.05) is 11.8 Å². The van der Waals surface area contributed by atoms with E-state index in [0.717, 1.165) is 18.0 Å². The van der Waals surface area contributed by atoms with Gasteiger partial charge < -0.3 is 10.1 Å². The van der Waals surface area contributed by atoms with E-state index in [-0.39, 0.29) is 0 Å². The Hall–Kier alpha value is -0.830. The zero-order valence-corrected chi connectivity index (χ0v) is 10.6. The molecule has 1 N–H and O–H groups in total. The molecule has 1 aromatic carbocycles. The fourth-order valence-corrected chi connectivity index (χ4v) is 3.01. The predicted molar refractivity (Wildman–Crippen MR) is 71.6 cm³/mol. The van der Waals surface area contributed by atoms with Crippen molar-refractivity contribution >= 4 is 17.4 Å². The van der Waals surface area contributed by atoms with Crippen LogP contribution >= 0.6 is 11.8 Å². The van der Waals surface area contributed by atoms with E-state index >= 15 is 0 Å². The Bertz CT molecular complexity index is 323. The van der Waals surface area contributed by atoms with Gasteiger partial charge in [0.05, 0.1) is 12.3 Å². The fraction of sp³-hybridized carbons (Fsp3) is 0.538. The van der Waals surface area contributed by atoms with Gasteiger partial charge in [0.15, 0.2) is 0 Å². The maximum atomic E-state index is 5.61. The molecule has 3 heteroatoms. The number of anilines is 1. The van der Waals surface area contributed by atoms with Crippen LogP contribution in [0, 0.1) is 0 Å². The van der Waals surface area contributed by atoms with E-state index in [1.54, 1.807) is 0 Å². The molecule has 0 amide bonds. The molecule has 1 saturated heterocycles. The molecule has 1 heterocycles. The Labute approximate surface area is 102 Å². The van der Waals surface area contributed by atoms with Crippen molar-refractivity contribution in [1.82, 2.24) is 0 Å². The standard InChI is InChI=1S/C13H19NOS/c1-2-15-13-8-4-3-7-12(13)14-11-6-5-9-16-10-11/h3-4,7-8,11,14H,2,5-6,9-10H2,1H3. The van der Waals surface area contributed by atoms with Gasteiger partial charge in [0.2, 0.25) is 0 Å². The smallest absolute Gasteiger partial charge is 0.142 e. The lowest BCUT2D eigenvalue weighted by Gasteiger charge is -2.24. The number of rotatable bonds is 4. The first-order chi connectivity index (χ1) is 7.90. The lowest BCUT2D eigenvalue weighted by molar-refractivity contribution is 0.341. The molecule has 1 aromatic rings. The van der Waals surface area contributed by atoms with Crippen molar-refractivity contribution in [2.24, 2.45) is 0 Å². The second-order valence-corrected chi connectivity index (χ2v) is 5.14. The van der Waals surface area contributed by atoms with Gasteiger partial charge >= 0.3 is 0 Å². The topological polar surface area (TPSA) is 21.3 Å².